The number of rotatable bonds is 4. The van der Waals surface area contributed by atoms with E-state index in [4.69, 9.17) is 0 Å². The third kappa shape index (κ3) is 3.25. The van der Waals surface area contributed by atoms with Gasteiger partial charge in [-0.15, -0.1) is 10.2 Å². The molecule has 20 heavy (non-hydrogen) atoms. The summed E-state index contributed by atoms with van der Waals surface area (Å²) in [7, 11) is 1.72. The lowest BCUT2D eigenvalue weighted by Gasteiger charge is -2.34. The first-order valence-electron chi connectivity index (χ1n) is 7.16. The highest BCUT2D eigenvalue weighted by atomic mass is 16.3. The number of carbonyl (C=O) groups excluding carboxylic acids is 1. The van der Waals surface area contributed by atoms with Gasteiger partial charge in [-0.1, -0.05) is 12.8 Å². The van der Waals surface area contributed by atoms with Gasteiger partial charge in [0.25, 0.3) is 5.91 Å². The van der Waals surface area contributed by atoms with Crippen LogP contribution in [0.4, 0.5) is 5.82 Å². The fraction of sp³-hybridized carbons (Fsp3) is 0.643. The number of nitrogens with zero attached hydrogens (tertiary/aromatic N) is 3. The minimum Gasteiger partial charge on any atom is -0.391 e. The van der Waals surface area contributed by atoms with Crippen LogP contribution in [0, 0.1) is 0 Å². The number of anilines is 1. The van der Waals surface area contributed by atoms with Gasteiger partial charge in [-0.25, -0.2) is 0 Å². The number of carbonyl (C=O) groups is 1. The molecule has 1 heterocycles. The van der Waals surface area contributed by atoms with E-state index < -0.39 is 6.10 Å². The van der Waals surface area contributed by atoms with Gasteiger partial charge in [0.15, 0.2) is 5.69 Å². The van der Waals surface area contributed by atoms with Crippen molar-refractivity contribution in [1.82, 2.24) is 15.1 Å². The monoisotopic (exact) mass is 278 g/mol. The van der Waals surface area contributed by atoms with Crippen molar-refractivity contribution in [2.45, 2.75) is 44.8 Å². The van der Waals surface area contributed by atoms with Crippen LogP contribution in [0.15, 0.2) is 12.1 Å². The van der Waals surface area contributed by atoms with Crippen molar-refractivity contribution >= 4 is 11.7 Å². The van der Waals surface area contributed by atoms with Crippen LogP contribution < -0.4 is 5.32 Å². The minimum absolute atomic E-state index is 0.119. The summed E-state index contributed by atoms with van der Waals surface area (Å²) in [6.45, 7) is 2.73. The Bertz CT molecular complexity index is 449. The van der Waals surface area contributed by atoms with Gasteiger partial charge in [-0.2, -0.15) is 0 Å². The van der Waals surface area contributed by atoms with Gasteiger partial charge >= 0.3 is 0 Å². The Labute approximate surface area is 119 Å². The molecule has 6 nitrogen and oxygen atoms in total. The maximum atomic E-state index is 12.4. The van der Waals surface area contributed by atoms with E-state index >= 15 is 0 Å². The lowest BCUT2D eigenvalue weighted by molar-refractivity contribution is 0.0264. The molecule has 1 aliphatic rings. The van der Waals surface area contributed by atoms with Gasteiger partial charge in [0.2, 0.25) is 0 Å². The van der Waals surface area contributed by atoms with Crippen molar-refractivity contribution in [2.24, 2.45) is 0 Å². The van der Waals surface area contributed by atoms with Crippen molar-refractivity contribution in [3.05, 3.63) is 17.8 Å². The van der Waals surface area contributed by atoms with Gasteiger partial charge in [0.05, 0.1) is 12.1 Å². The zero-order valence-corrected chi connectivity index (χ0v) is 12.0. The second kappa shape index (κ2) is 6.65. The summed E-state index contributed by atoms with van der Waals surface area (Å²) in [6, 6.07) is 3.29. The minimum atomic E-state index is -0.438. The highest BCUT2D eigenvalue weighted by Gasteiger charge is 2.30. The average Bonchev–Trinajstić information content (AvgIpc) is 2.47. The number of amides is 1. The Morgan fingerprint density at radius 1 is 1.40 bits per heavy atom. The van der Waals surface area contributed by atoms with Crippen LogP contribution in [0.5, 0.6) is 0 Å². The molecule has 2 N–H and O–H groups in total. The number of aliphatic hydroxyl groups is 1. The van der Waals surface area contributed by atoms with E-state index in [1.807, 2.05) is 6.92 Å². The van der Waals surface area contributed by atoms with E-state index in [2.05, 4.69) is 15.5 Å². The number of aliphatic hydroxyl groups excluding tert-OH is 1. The largest absolute Gasteiger partial charge is 0.391 e. The van der Waals surface area contributed by atoms with E-state index in [0.717, 1.165) is 32.2 Å². The maximum absolute atomic E-state index is 12.4. The summed E-state index contributed by atoms with van der Waals surface area (Å²) in [5.74, 6) is 0.468. The van der Waals surface area contributed by atoms with Crippen LogP contribution >= 0.6 is 0 Å². The quantitative estimate of drug-likeness (QED) is 0.867. The SMILES string of the molecule is CCNc1ccc(C(=O)N(C)C2CCCCC2O)nn1. The van der Waals surface area contributed by atoms with Crippen molar-refractivity contribution in [1.29, 1.82) is 0 Å². The van der Waals surface area contributed by atoms with Crippen LogP contribution in [0.25, 0.3) is 0 Å². The molecular weight excluding hydrogens is 256 g/mol. The first-order valence-corrected chi connectivity index (χ1v) is 7.16. The first kappa shape index (κ1) is 14.7. The summed E-state index contributed by atoms with van der Waals surface area (Å²) in [4.78, 5) is 13.9. The molecule has 0 aromatic carbocycles. The Balaban J connectivity index is 2.05. The van der Waals surface area contributed by atoms with Crippen LogP contribution in [-0.2, 0) is 0 Å². The van der Waals surface area contributed by atoms with Crippen LogP contribution in [0.3, 0.4) is 0 Å². The van der Waals surface area contributed by atoms with Crippen LogP contribution in [0.1, 0.15) is 43.1 Å². The summed E-state index contributed by atoms with van der Waals surface area (Å²) >= 11 is 0. The second-order valence-electron chi connectivity index (χ2n) is 5.17. The van der Waals surface area contributed by atoms with Crippen LogP contribution in [-0.4, -0.2) is 51.8 Å². The van der Waals surface area contributed by atoms with Crippen molar-refractivity contribution < 1.29 is 9.90 Å². The van der Waals surface area contributed by atoms with E-state index in [9.17, 15) is 9.90 Å². The molecule has 110 valence electrons. The lowest BCUT2D eigenvalue weighted by atomic mass is 9.91. The molecule has 0 spiro atoms. The molecule has 2 unspecified atom stereocenters. The molecule has 6 heteroatoms. The highest BCUT2D eigenvalue weighted by molar-refractivity contribution is 5.92. The van der Waals surface area contributed by atoms with Gasteiger partial charge in [0.1, 0.15) is 5.82 Å². The molecule has 1 aromatic rings. The third-order valence-electron chi connectivity index (χ3n) is 3.75. The zero-order valence-electron chi connectivity index (χ0n) is 12.0. The molecule has 0 aliphatic heterocycles. The third-order valence-corrected chi connectivity index (χ3v) is 3.75. The van der Waals surface area contributed by atoms with Crippen molar-refractivity contribution in [3.63, 3.8) is 0 Å². The van der Waals surface area contributed by atoms with E-state index in [0.29, 0.717) is 11.5 Å². The zero-order chi connectivity index (χ0) is 14.5. The Kier molecular flexibility index (Phi) is 4.89. The molecule has 2 atom stereocenters. The normalized spacial score (nSPS) is 22.4. The molecule has 2 rings (SSSR count). The number of nitrogens with one attached hydrogen (secondary N) is 1. The molecule has 0 bridgehead atoms. The topological polar surface area (TPSA) is 78.4 Å². The predicted molar refractivity (Wildman–Crippen MR) is 76.6 cm³/mol. The number of aromatic nitrogens is 2. The van der Waals surface area contributed by atoms with E-state index in [1.165, 1.54) is 0 Å². The molecule has 1 aromatic heterocycles. The highest BCUT2D eigenvalue weighted by Crippen LogP contribution is 2.23. The van der Waals surface area contributed by atoms with Crippen molar-refractivity contribution in [3.8, 4) is 0 Å². The molecular formula is C14H22N4O2. The number of hydrogen-bond donors (Lipinski definition) is 2. The van der Waals surface area contributed by atoms with Gasteiger partial charge in [-0.05, 0) is 31.9 Å². The summed E-state index contributed by atoms with van der Waals surface area (Å²) in [6.07, 6.45) is 3.23. The van der Waals surface area contributed by atoms with Crippen LogP contribution in [0.2, 0.25) is 0 Å². The molecule has 1 fully saturated rings. The molecule has 1 amide bonds. The summed E-state index contributed by atoms with van der Waals surface area (Å²) < 4.78 is 0. The fourth-order valence-corrected chi connectivity index (χ4v) is 2.60. The van der Waals surface area contributed by atoms with Gasteiger partial charge in [-0.3, -0.25) is 4.79 Å². The van der Waals surface area contributed by atoms with Gasteiger partial charge in [0, 0.05) is 13.6 Å². The molecule has 0 saturated heterocycles. The van der Waals surface area contributed by atoms with Gasteiger partial charge < -0.3 is 15.3 Å². The fourth-order valence-electron chi connectivity index (χ4n) is 2.60. The Morgan fingerprint density at radius 2 is 2.15 bits per heavy atom. The lowest BCUT2D eigenvalue weighted by Crippen LogP contribution is -2.46. The van der Waals surface area contributed by atoms with Crippen molar-refractivity contribution in [2.75, 3.05) is 18.9 Å². The Morgan fingerprint density at radius 3 is 2.75 bits per heavy atom. The smallest absolute Gasteiger partial charge is 0.274 e. The standard InChI is InChI=1S/C14H22N4O2/c1-3-15-13-9-8-10(16-17-13)14(20)18(2)11-6-4-5-7-12(11)19/h8-9,11-12,19H,3-7H2,1-2H3,(H,15,17). The summed E-state index contributed by atoms with van der Waals surface area (Å²) in [5, 5.41) is 21.0. The number of likely N-dealkylation sites (N-methyl/N-ethyl adjacent to an activating group) is 1. The summed E-state index contributed by atoms with van der Waals surface area (Å²) in [5.41, 5.74) is 0.312. The maximum Gasteiger partial charge on any atom is 0.274 e. The molecule has 1 aliphatic carbocycles. The predicted octanol–water partition coefficient (Wildman–Crippen LogP) is 1.28. The van der Waals surface area contributed by atoms with E-state index in [-0.39, 0.29) is 11.9 Å². The average molecular weight is 278 g/mol. The van der Waals surface area contributed by atoms with E-state index in [1.54, 1.807) is 24.1 Å². The first-order chi connectivity index (χ1) is 9.63. The second-order valence-corrected chi connectivity index (χ2v) is 5.17. The number of hydrogen-bond acceptors (Lipinski definition) is 5. The molecule has 1 saturated carbocycles. The molecule has 0 radical (unpaired) electrons. The Hall–Kier alpha value is -1.69.